The molecule has 1 atom stereocenters. The third kappa shape index (κ3) is 5.01. The van der Waals surface area contributed by atoms with E-state index in [9.17, 15) is 4.79 Å². The molecule has 1 aliphatic heterocycles. The van der Waals surface area contributed by atoms with Gasteiger partial charge < -0.3 is 16.0 Å². The molecule has 1 aromatic rings. The van der Waals surface area contributed by atoms with Gasteiger partial charge in [-0.05, 0) is 37.8 Å². The van der Waals surface area contributed by atoms with E-state index < -0.39 is 0 Å². The largest absolute Gasteiger partial charge is 0.357 e. The minimum absolute atomic E-state index is 0.0385. The summed E-state index contributed by atoms with van der Waals surface area (Å²) in [6, 6.07) is 3.84. The average molecular weight is 290 g/mol. The van der Waals surface area contributed by atoms with Crippen molar-refractivity contribution in [1.29, 1.82) is 0 Å². The van der Waals surface area contributed by atoms with Crippen LogP contribution in [0, 0.1) is 0 Å². The first kappa shape index (κ1) is 15.8. The average Bonchev–Trinajstić information content (AvgIpc) is 2.49. The predicted molar refractivity (Wildman–Crippen MR) is 86.4 cm³/mol. The summed E-state index contributed by atoms with van der Waals surface area (Å²) in [5.41, 5.74) is 6.62. The molecular formula is C16H26N4O. The number of piperidine rings is 1. The number of aromatic nitrogens is 1. The third-order valence-electron chi connectivity index (χ3n) is 3.82. The molecule has 1 unspecified atom stereocenters. The second-order valence-electron chi connectivity index (χ2n) is 5.75. The standard InChI is InChI=1S/C16H26N4O/c1-2-6-13(17)11-16(21)19-14-7-8-15(18-12-14)20-9-4-3-5-10-20/h7-8,12-13H,2-6,9-11,17H2,1H3,(H,19,21). The molecule has 1 aliphatic rings. The molecule has 116 valence electrons. The number of carbonyl (C=O) groups excluding carboxylic acids is 1. The van der Waals surface area contributed by atoms with Crippen molar-refractivity contribution in [2.24, 2.45) is 5.73 Å². The lowest BCUT2D eigenvalue weighted by Gasteiger charge is -2.27. The van der Waals surface area contributed by atoms with Crippen molar-refractivity contribution in [3.05, 3.63) is 18.3 Å². The Morgan fingerprint density at radius 3 is 2.76 bits per heavy atom. The normalized spacial score (nSPS) is 16.6. The van der Waals surface area contributed by atoms with Crippen molar-refractivity contribution in [2.75, 3.05) is 23.3 Å². The molecular weight excluding hydrogens is 264 g/mol. The van der Waals surface area contributed by atoms with Gasteiger partial charge in [-0.15, -0.1) is 0 Å². The molecule has 0 saturated carbocycles. The topological polar surface area (TPSA) is 71.2 Å². The van der Waals surface area contributed by atoms with Gasteiger partial charge in [-0.3, -0.25) is 4.79 Å². The quantitative estimate of drug-likeness (QED) is 0.844. The lowest BCUT2D eigenvalue weighted by Crippen LogP contribution is -2.30. The van der Waals surface area contributed by atoms with Crippen molar-refractivity contribution in [2.45, 2.75) is 51.5 Å². The highest BCUT2D eigenvalue weighted by molar-refractivity contribution is 5.91. The molecule has 1 aromatic heterocycles. The molecule has 0 aliphatic carbocycles. The summed E-state index contributed by atoms with van der Waals surface area (Å²) < 4.78 is 0. The fraction of sp³-hybridized carbons (Fsp3) is 0.625. The molecule has 3 N–H and O–H groups in total. The van der Waals surface area contributed by atoms with Gasteiger partial charge in [0.25, 0.3) is 0 Å². The van der Waals surface area contributed by atoms with Crippen LogP contribution < -0.4 is 16.0 Å². The Morgan fingerprint density at radius 1 is 1.38 bits per heavy atom. The van der Waals surface area contributed by atoms with Crippen LogP contribution in [0.4, 0.5) is 11.5 Å². The van der Waals surface area contributed by atoms with Gasteiger partial charge in [0.2, 0.25) is 5.91 Å². The Balaban J connectivity index is 1.85. The Morgan fingerprint density at radius 2 is 2.14 bits per heavy atom. The summed E-state index contributed by atoms with van der Waals surface area (Å²) in [5, 5.41) is 2.86. The number of hydrogen-bond donors (Lipinski definition) is 2. The minimum atomic E-state index is -0.0596. The van der Waals surface area contributed by atoms with E-state index in [4.69, 9.17) is 5.73 Å². The van der Waals surface area contributed by atoms with Crippen LogP contribution >= 0.6 is 0 Å². The number of rotatable bonds is 6. The lowest BCUT2D eigenvalue weighted by molar-refractivity contribution is -0.116. The van der Waals surface area contributed by atoms with Crippen LogP contribution in [0.3, 0.4) is 0 Å². The Labute approximate surface area is 126 Å². The Bertz CT molecular complexity index is 440. The molecule has 1 saturated heterocycles. The Kier molecular flexibility index (Phi) is 5.99. The number of nitrogens with one attached hydrogen (secondary N) is 1. The molecule has 5 heteroatoms. The van der Waals surface area contributed by atoms with E-state index in [1.54, 1.807) is 6.20 Å². The fourth-order valence-electron chi connectivity index (χ4n) is 2.69. The first-order valence-electron chi connectivity index (χ1n) is 7.95. The number of nitrogens with two attached hydrogens (primary N) is 1. The molecule has 2 heterocycles. The van der Waals surface area contributed by atoms with Crippen LogP contribution in [0.2, 0.25) is 0 Å². The summed E-state index contributed by atoms with van der Waals surface area (Å²) in [6.45, 7) is 4.22. The van der Waals surface area contributed by atoms with Crippen LogP contribution in [-0.2, 0) is 4.79 Å². The highest BCUT2D eigenvalue weighted by Crippen LogP contribution is 2.19. The van der Waals surface area contributed by atoms with Crippen molar-refractivity contribution in [1.82, 2.24) is 4.98 Å². The first-order valence-corrected chi connectivity index (χ1v) is 7.95. The van der Waals surface area contributed by atoms with Crippen LogP contribution in [0.1, 0.15) is 45.4 Å². The SMILES string of the molecule is CCCC(N)CC(=O)Nc1ccc(N2CCCCC2)nc1. The van der Waals surface area contributed by atoms with Gasteiger partial charge in [-0.25, -0.2) is 4.98 Å². The molecule has 5 nitrogen and oxygen atoms in total. The summed E-state index contributed by atoms with van der Waals surface area (Å²) >= 11 is 0. The maximum Gasteiger partial charge on any atom is 0.225 e. The zero-order valence-electron chi connectivity index (χ0n) is 12.8. The fourth-order valence-corrected chi connectivity index (χ4v) is 2.69. The van der Waals surface area contributed by atoms with Crippen LogP contribution in [0.5, 0.6) is 0 Å². The van der Waals surface area contributed by atoms with Gasteiger partial charge >= 0.3 is 0 Å². The third-order valence-corrected chi connectivity index (χ3v) is 3.82. The zero-order chi connectivity index (χ0) is 15.1. The molecule has 1 amide bonds. The minimum Gasteiger partial charge on any atom is -0.357 e. The highest BCUT2D eigenvalue weighted by atomic mass is 16.1. The van der Waals surface area contributed by atoms with Crippen LogP contribution in [0.25, 0.3) is 0 Å². The molecule has 0 radical (unpaired) electrons. The Hall–Kier alpha value is -1.62. The van der Waals surface area contributed by atoms with Gasteiger partial charge in [0.1, 0.15) is 5.82 Å². The maximum atomic E-state index is 11.9. The van der Waals surface area contributed by atoms with Gasteiger partial charge in [0, 0.05) is 25.6 Å². The van der Waals surface area contributed by atoms with Crippen molar-refractivity contribution < 1.29 is 4.79 Å². The smallest absolute Gasteiger partial charge is 0.225 e. The van der Waals surface area contributed by atoms with Crippen molar-refractivity contribution >= 4 is 17.4 Å². The van der Waals surface area contributed by atoms with E-state index in [2.05, 4.69) is 22.1 Å². The lowest BCUT2D eigenvalue weighted by atomic mass is 10.1. The number of nitrogens with zero attached hydrogens (tertiary/aromatic N) is 2. The van der Waals surface area contributed by atoms with Crippen LogP contribution in [0.15, 0.2) is 18.3 Å². The maximum absolute atomic E-state index is 11.9. The van der Waals surface area contributed by atoms with Crippen molar-refractivity contribution in [3.8, 4) is 0 Å². The zero-order valence-corrected chi connectivity index (χ0v) is 12.8. The van der Waals surface area contributed by atoms with E-state index in [0.29, 0.717) is 6.42 Å². The van der Waals surface area contributed by atoms with E-state index >= 15 is 0 Å². The summed E-state index contributed by atoms with van der Waals surface area (Å²) in [4.78, 5) is 18.6. The predicted octanol–water partition coefficient (Wildman–Crippen LogP) is 2.53. The van der Waals surface area contributed by atoms with E-state index in [1.807, 2.05) is 12.1 Å². The molecule has 1 fully saturated rings. The van der Waals surface area contributed by atoms with E-state index in [0.717, 1.165) is 37.4 Å². The van der Waals surface area contributed by atoms with Gasteiger partial charge in [0.15, 0.2) is 0 Å². The second-order valence-corrected chi connectivity index (χ2v) is 5.75. The van der Waals surface area contributed by atoms with Gasteiger partial charge in [0.05, 0.1) is 11.9 Å². The van der Waals surface area contributed by atoms with Gasteiger partial charge in [-0.2, -0.15) is 0 Å². The number of carbonyl (C=O) groups is 1. The monoisotopic (exact) mass is 290 g/mol. The first-order chi connectivity index (χ1) is 10.2. The molecule has 21 heavy (non-hydrogen) atoms. The van der Waals surface area contributed by atoms with Crippen molar-refractivity contribution in [3.63, 3.8) is 0 Å². The second kappa shape index (κ2) is 7.98. The summed E-state index contributed by atoms with van der Waals surface area (Å²) in [7, 11) is 0. The molecule has 0 aromatic carbocycles. The molecule has 2 rings (SSSR count). The summed E-state index contributed by atoms with van der Waals surface area (Å²) in [6.07, 6.45) is 7.74. The number of amides is 1. The van der Waals surface area contributed by atoms with E-state index in [1.165, 1.54) is 19.3 Å². The molecule has 0 bridgehead atoms. The molecule has 0 spiro atoms. The van der Waals surface area contributed by atoms with Crippen LogP contribution in [-0.4, -0.2) is 30.0 Å². The van der Waals surface area contributed by atoms with Gasteiger partial charge in [-0.1, -0.05) is 13.3 Å². The number of pyridine rings is 1. The number of anilines is 2. The summed E-state index contributed by atoms with van der Waals surface area (Å²) in [5.74, 6) is 0.957. The van der Waals surface area contributed by atoms with E-state index in [-0.39, 0.29) is 11.9 Å². The number of hydrogen-bond acceptors (Lipinski definition) is 4. The highest BCUT2D eigenvalue weighted by Gasteiger charge is 2.12.